The molecule has 2 heterocycles. The molecule has 0 fully saturated rings. The normalized spacial score (nSPS) is 11.0. The Morgan fingerprint density at radius 1 is 1.05 bits per heavy atom. The van der Waals surface area contributed by atoms with Gasteiger partial charge in [-0.1, -0.05) is 11.6 Å². The van der Waals surface area contributed by atoms with Gasteiger partial charge in [-0.3, -0.25) is 0 Å². The van der Waals surface area contributed by atoms with E-state index in [2.05, 4.69) is 10.1 Å². The van der Waals surface area contributed by atoms with Crippen LogP contribution >= 0.6 is 11.6 Å². The Labute approximate surface area is 133 Å². The lowest BCUT2D eigenvalue weighted by Gasteiger charge is -2.08. The average molecular weight is 318 g/mol. The first-order chi connectivity index (χ1) is 10.5. The van der Waals surface area contributed by atoms with Crippen molar-refractivity contribution in [3.05, 3.63) is 40.7 Å². The van der Waals surface area contributed by atoms with E-state index in [0.717, 1.165) is 28.2 Å². The molecule has 0 bridgehead atoms. The Bertz CT molecular complexity index is 858. The fourth-order valence-corrected chi connectivity index (χ4v) is 2.56. The van der Waals surface area contributed by atoms with E-state index in [1.807, 2.05) is 38.1 Å². The molecule has 1 aromatic carbocycles. The number of nitrogens with zero attached hydrogens (tertiary/aromatic N) is 3. The Morgan fingerprint density at radius 3 is 2.45 bits per heavy atom. The summed E-state index contributed by atoms with van der Waals surface area (Å²) in [7, 11) is 3.22. The summed E-state index contributed by atoms with van der Waals surface area (Å²) in [5, 5.41) is 5.12. The van der Waals surface area contributed by atoms with Gasteiger partial charge >= 0.3 is 0 Å². The lowest BCUT2D eigenvalue weighted by atomic mass is 10.1. The van der Waals surface area contributed by atoms with E-state index >= 15 is 0 Å². The summed E-state index contributed by atoms with van der Waals surface area (Å²) in [5.74, 6) is 1.33. The van der Waals surface area contributed by atoms with Crippen LogP contribution in [0, 0.1) is 13.8 Å². The van der Waals surface area contributed by atoms with E-state index in [0.29, 0.717) is 16.7 Å². The second-order valence-corrected chi connectivity index (χ2v) is 5.34. The summed E-state index contributed by atoms with van der Waals surface area (Å²) in [6.45, 7) is 3.87. The first kappa shape index (κ1) is 14.7. The molecule has 0 aliphatic rings. The van der Waals surface area contributed by atoms with E-state index in [4.69, 9.17) is 21.1 Å². The summed E-state index contributed by atoms with van der Waals surface area (Å²) in [6, 6.07) is 7.56. The van der Waals surface area contributed by atoms with Gasteiger partial charge in [-0.05, 0) is 32.0 Å². The molecule has 0 N–H and O–H groups in total. The number of benzene rings is 1. The van der Waals surface area contributed by atoms with Crippen molar-refractivity contribution in [3.63, 3.8) is 0 Å². The van der Waals surface area contributed by atoms with Gasteiger partial charge < -0.3 is 9.47 Å². The van der Waals surface area contributed by atoms with Crippen molar-refractivity contribution < 1.29 is 9.47 Å². The summed E-state index contributed by atoms with van der Waals surface area (Å²) in [5.41, 5.74) is 4.24. The molecule has 0 radical (unpaired) electrons. The Kier molecular flexibility index (Phi) is 3.66. The molecule has 0 spiro atoms. The van der Waals surface area contributed by atoms with Gasteiger partial charge in [-0.15, -0.1) is 0 Å². The largest absolute Gasteiger partial charge is 0.493 e. The number of hydrogen-bond acceptors (Lipinski definition) is 4. The third-order valence-corrected chi connectivity index (χ3v) is 4.13. The zero-order valence-electron chi connectivity index (χ0n) is 12.8. The van der Waals surface area contributed by atoms with Crippen LogP contribution in [-0.2, 0) is 0 Å². The molecule has 0 amide bonds. The van der Waals surface area contributed by atoms with Gasteiger partial charge in [0.25, 0.3) is 0 Å². The minimum absolute atomic E-state index is 0.578. The number of rotatable bonds is 3. The van der Waals surface area contributed by atoms with Gasteiger partial charge in [0, 0.05) is 22.9 Å². The molecule has 114 valence electrons. The zero-order chi connectivity index (χ0) is 15.9. The van der Waals surface area contributed by atoms with E-state index < -0.39 is 0 Å². The molecule has 0 atom stereocenters. The smallest absolute Gasteiger partial charge is 0.161 e. The maximum absolute atomic E-state index is 6.35. The molecule has 3 aromatic rings. The topological polar surface area (TPSA) is 48.7 Å². The first-order valence-corrected chi connectivity index (χ1v) is 7.18. The van der Waals surface area contributed by atoms with Crippen LogP contribution in [0.5, 0.6) is 11.5 Å². The van der Waals surface area contributed by atoms with Gasteiger partial charge in [-0.2, -0.15) is 5.10 Å². The number of aryl methyl sites for hydroxylation is 1. The standard InChI is InChI=1S/C16H16ClN3O2/c1-9-10(2)18-15-8-12(19-20(15)16(9)17)11-5-6-13(21-3)14(7-11)22-4/h5-8H,1-4H3. The molecule has 5 nitrogen and oxygen atoms in total. The average Bonchev–Trinajstić information content (AvgIpc) is 2.96. The molecular formula is C16H16ClN3O2. The van der Waals surface area contributed by atoms with Gasteiger partial charge in [0.15, 0.2) is 17.1 Å². The molecule has 22 heavy (non-hydrogen) atoms. The summed E-state index contributed by atoms with van der Waals surface area (Å²) in [6.07, 6.45) is 0. The van der Waals surface area contributed by atoms with Crippen molar-refractivity contribution in [1.29, 1.82) is 0 Å². The van der Waals surface area contributed by atoms with Crippen molar-refractivity contribution in [1.82, 2.24) is 14.6 Å². The number of aromatic nitrogens is 3. The van der Waals surface area contributed by atoms with Crippen molar-refractivity contribution >= 4 is 17.2 Å². The second-order valence-electron chi connectivity index (χ2n) is 4.98. The Morgan fingerprint density at radius 2 is 1.77 bits per heavy atom. The molecule has 0 aliphatic carbocycles. The van der Waals surface area contributed by atoms with Gasteiger partial charge in [0.05, 0.1) is 19.9 Å². The Balaban J connectivity index is 2.17. The molecule has 0 saturated carbocycles. The predicted molar refractivity (Wildman–Crippen MR) is 86.0 cm³/mol. The van der Waals surface area contributed by atoms with Crippen molar-refractivity contribution in [3.8, 4) is 22.8 Å². The highest BCUT2D eigenvalue weighted by molar-refractivity contribution is 6.30. The van der Waals surface area contributed by atoms with Gasteiger partial charge in [-0.25, -0.2) is 9.50 Å². The van der Waals surface area contributed by atoms with Gasteiger partial charge in [0.1, 0.15) is 5.15 Å². The number of fused-ring (bicyclic) bond motifs is 1. The highest BCUT2D eigenvalue weighted by atomic mass is 35.5. The minimum Gasteiger partial charge on any atom is -0.493 e. The maximum Gasteiger partial charge on any atom is 0.161 e. The van der Waals surface area contributed by atoms with Crippen LogP contribution in [-0.4, -0.2) is 28.8 Å². The van der Waals surface area contributed by atoms with Crippen LogP contribution in [0.2, 0.25) is 5.15 Å². The number of hydrogen-bond donors (Lipinski definition) is 0. The fraction of sp³-hybridized carbons (Fsp3) is 0.250. The highest BCUT2D eigenvalue weighted by Gasteiger charge is 2.13. The molecule has 0 aliphatic heterocycles. The van der Waals surface area contributed by atoms with E-state index in [-0.39, 0.29) is 0 Å². The maximum atomic E-state index is 6.35. The predicted octanol–water partition coefficient (Wildman–Crippen LogP) is 3.68. The van der Waals surface area contributed by atoms with E-state index in [9.17, 15) is 0 Å². The Hall–Kier alpha value is -2.27. The summed E-state index contributed by atoms with van der Waals surface area (Å²) >= 11 is 6.35. The van der Waals surface area contributed by atoms with Crippen LogP contribution in [0.4, 0.5) is 0 Å². The van der Waals surface area contributed by atoms with E-state index in [1.54, 1.807) is 18.7 Å². The third-order valence-electron chi connectivity index (χ3n) is 3.69. The van der Waals surface area contributed by atoms with Crippen LogP contribution in [0.1, 0.15) is 11.3 Å². The molecule has 6 heteroatoms. The van der Waals surface area contributed by atoms with Crippen molar-refractivity contribution in [2.75, 3.05) is 14.2 Å². The number of halogens is 1. The quantitative estimate of drug-likeness (QED) is 0.691. The van der Waals surface area contributed by atoms with Crippen LogP contribution < -0.4 is 9.47 Å². The molecule has 0 unspecified atom stereocenters. The minimum atomic E-state index is 0.578. The molecule has 0 saturated heterocycles. The summed E-state index contributed by atoms with van der Waals surface area (Å²) < 4.78 is 12.2. The van der Waals surface area contributed by atoms with Gasteiger partial charge in [0.2, 0.25) is 0 Å². The monoisotopic (exact) mass is 317 g/mol. The van der Waals surface area contributed by atoms with E-state index in [1.165, 1.54) is 0 Å². The second kappa shape index (κ2) is 5.50. The number of ether oxygens (including phenoxy) is 2. The van der Waals surface area contributed by atoms with Crippen molar-refractivity contribution in [2.45, 2.75) is 13.8 Å². The number of methoxy groups -OCH3 is 2. The fourth-order valence-electron chi connectivity index (χ4n) is 2.30. The SMILES string of the molecule is COc1ccc(-c2cc3nc(C)c(C)c(Cl)n3n2)cc1OC. The third kappa shape index (κ3) is 2.27. The van der Waals surface area contributed by atoms with Crippen LogP contribution in [0.3, 0.4) is 0 Å². The zero-order valence-corrected chi connectivity index (χ0v) is 13.6. The molecular weight excluding hydrogens is 302 g/mol. The summed E-state index contributed by atoms with van der Waals surface area (Å²) in [4.78, 5) is 4.52. The van der Waals surface area contributed by atoms with Crippen LogP contribution in [0.15, 0.2) is 24.3 Å². The van der Waals surface area contributed by atoms with Crippen LogP contribution in [0.25, 0.3) is 16.9 Å². The molecule has 2 aromatic heterocycles. The highest BCUT2D eigenvalue weighted by Crippen LogP contribution is 2.32. The van der Waals surface area contributed by atoms with Crippen molar-refractivity contribution in [2.24, 2.45) is 0 Å². The molecule has 3 rings (SSSR count). The first-order valence-electron chi connectivity index (χ1n) is 6.80. The lowest BCUT2D eigenvalue weighted by Crippen LogP contribution is -1.98. The lowest BCUT2D eigenvalue weighted by molar-refractivity contribution is 0.355.